The highest BCUT2D eigenvalue weighted by Crippen LogP contribution is 2.25. The van der Waals surface area contributed by atoms with Gasteiger partial charge in [-0.1, -0.05) is 70.4 Å². The molecule has 170 valence electrons. The van der Waals surface area contributed by atoms with E-state index in [1.54, 1.807) is 4.57 Å². The SMILES string of the molecule is CCCCCCN(C(=O)CC)C(C)c1nc2ccccc2c(=O)n1-c1ccccc1CC. The van der Waals surface area contributed by atoms with Gasteiger partial charge in [-0.3, -0.25) is 14.2 Å². The summed E-state index contributed by atoms with van der Waals surface area (Å²) in [7, 11) is 0. The van der Waals surface area contributed by atoms with E-state index in [1.807, 2.05) is 67.3 Å². The number of fused-ring (bicyclic) bond motifs is 1. The summed E-state index contributed by atoms with van der Waals surface area (Å²) in [5.74, 6) is 0.707. The monoisotopic (exact) mass is 433 g/mol. The van der Waals surface area contributed by atoms with Crippen LogP contribution < -0.4 is 5.56 Å². The van der Waals surface area contributed by atoms with Crippen molar-refractivity contribution in [2.45, 2.75) is 72.3 Å². The smallest absolute Gasteiger partial charge is 0.266 e. The third kappa shape index (κ3) is 4.93. The molecule has 3 rings (SSSR count). The van der Waals surface area contributed by atoms with Crippen molar-refractivity contribution in [2.24, 2.45) is 0 Å². The Labute approximate surface area is 191 Å². The van der Waals surface area contributed by atoms with E-state index in [-0.39, 0.29) is 17.5 Å². The first-order chi connectivity index (χ1) is 15.5. The minimum Gasteiger partial charge on any atom is -0.333 e. The summed E-state index contributed by atoms with van der Waals surface area (Å²) in [6, 6.07) is 15.1. The molecule has 32 heavy (non-hydrogen) atoms. The van der Waals surface area contributed by atoms with E-state index in [4.69, 9.17) is 4.98 Å². The summed E-state index contributed by atoms with van der Waals surface area (Å²) in [4.78, 5) is 33.5. The van der Waals surface area contributed by atoms with Crippen molar-refractivity contribution >= 4 is 16.8 Å². The number of amides is 1. The Balaban J connectivity index is 2.18. The lowest BCUT2D eigenvalue weighted by atomic mass is 10.1. The number of nitrogens with zero attached hydrogens (tertiary/aromatic N) is 3. The number of benzene rings is 2. The number of aromatic nitrogens is 2. The second kappa shape index (κ2) is 11.1. The first-order valence-electron chi connectivity index (χ1n) is 11.9. The molecular formula is C27H35N3O2. The Kier molecular flexibility index (Phi) is 8.20. The molecule has 0 radical (unpaired) electrons. The number of carbonyl (C=O) groups is 1. The molecule has 5 heteroatoms. The molecule has 3 aromatic rings. The van der Waals surface area contributed by atoms with Gasteiger partial charge in [0, 0.05) is 13.0 Å². The average molecular weight is 434 g/mol. The molecule has 0 aliphatic heterocycles. The zero-order valence-electron chi connectivity index (χ0n) is 19.8. The van der Waals surface area contributed by atoms with Crippen LogP contribution in [0.4, 0.5) is 0 Å². The Morgan fingerprint density at radius 2 is 1.72 bits per heavy atom. The number of rotatable bonds is 10. The van der Waals surface area contributed by atoms with E-state index in [1.165, 1.54) is 0 Å². The van der Waals surface area contributed by atoms with Crippen LogP contribution in [0.15, 0.2) is 53.3 Å². The lowest BCUT2D eigenvalue weighted by Crippen LogP contribution is -2.38. The van der Waals surface area contributed by atoms with E-state index in [0.29, 0.717) is 29.7 Å². The number of aryl methyl sites for hydroxylation is 1. The quantitative estimate of drug-likeness (QED) is 0.378. The normalized spacial score (nSPS) is 12.1. The standard InChI is InChI=1S/C27H35N3O2/c1-5-8-9-14-19-29(25(31)7-3)20(4)26-28-23-17-12-11-16-22(23)27(32)30(26)24-18-13-10-15-21(24)6-2/h10-13,15-18,20H,5-9,14,19H2,1-4H3. The first kappa shape index (κ1) is 23.7. The Bertz CT molecular complexity index is 1120. The van der Waals surface area contributed by atoms with Crippen LogP contribution in [-0.2, 0) is 11.2 Å². The van der Waals surface area contributed by atoms with Gasteiger partial charge in [0.25, 0.3) is 5.56 Å². The van der Waals surface area contributed by atoms with Crippen molar-refractivity contribution < 1.29 is 4.79 Å². The number of hydrogen-bond acceptors (Lipinski definition) is 3. The highest BCUT2D eigenvalue weighted by molar-refractivity contribution is 5.79. The van der Waals surface area contributed by atoms with Crippen molar-refractivity contribution in [1.82, 2.24) is 14.5 Å². The van der Waals surface area contributed by atoms with Crippen LogP contribution >= 0.6 is 0 Å². The van der Waals surface area contributed by atoms with Crippen LogP contribution in [0, 0.1) is 0 Å². The number of para-hydroxylation sites is 2. The molecule has 5 nitrogen and oxygen atoms in total. The third-order valence-electron chi connectivity index (χ3n) is 6.13. The Morgan fingerprint density at radius 1 is 1.00 bits per heavy atom. The summed E-state index contributed by atoms with van der Waals surface area (Å²) in [6.07, 6.45) is 5.59. The fourth-order valence-electron chi connectivity index (χ4n) is 4.28. The fraction of sp³-hybridized carbons (Fsp3) is 0.444. The molecule has 1 atom stereocenters. The lowest BCUT2D eigenvalue weighted by molar-refractivity contribution is -0.133. The maximum atomic E-state index is 13.7. The highest BCUT2D eigenvalue weighted by Gasteiger charge is 2.26. The summed E-state index contributed by atoms with van der Waals surface area (Å²) in [5, 5.41) is 0.589. The molecule has 1 unspecified atom stereocenters. The zero-order valence-corrected chi connectivity index (χ0v) is 19.8. The molecule has 0 fully saturated rings. The van der Waals surface area contributed by atoms with E-state index < -0.39 is 0 Å². The van der Waals surface area contributed by atoms with Gasteiger partial charge in [0.1, 0.15) is 5.82 Å². The van der Waals surface area contributed by atoms with Gasteiger partial charge in [0.2, 0.25) is 5.91 Å². The lowest BCUT2D eigenvalue weighted by Gasteiger charge is -2.31. The molecule has 1 amide bonds. The van der Waals surface area contributed by atoms with E-state index in [2.05, 4.69) is 13.8 Å². The average Bonchev–Trinajstić information content (AvgIpc) is 2.83. The van der Waals surface area contributed by atoms with Crippen molar-refractivity contribution in [3.8, 4) is 5.69 Å². The van der Waals surface area contributed by atoms with Gasteiger partial charge < -0.3 is 4.90 Å². The molecular weight excluding hydrogens is 398 g/mol. The minimum absolute atomic E-state index is 0.0896. The molecule has 2 aromatic carbocycles. The maximum Gasteiger partial charge on any atom is 0.266 e. The van der Waals surface area contributed by atoms with Gasteiger partial charge in [-0.15, -0.1) is 0 Å². The zero-order chi connectivity index (χ0) is 23.1. The summed E-state index contributed by atoms with van der Waals surface area (Å²) >= 11 is 0. The van der Waals surface area contributed by atoms with Crippen molar-refractivity contribution in [2.75, 3.05) is 6.54 Å². The van der Waals surface area contributed by atoms with Crippen LogP contribution in [0.5, 0.6) is 0 Å². The van der Waals surface area contributed by atoms with Crippen molar-refractivity contribution in [1.29, 1.82) is 0 Å². The second-order valence-electron chi connectivity index (χ2n) is 8.29. The molecule has 0 N–H and O–H groups in total. The summed E-state index contributed by atoms with van der Waals surface area (Å²) in [5.41, 5.74) is 2.50. The van der Waals surface area contributed by atoms with Crippen molar-refractivity contribution in [3.63, 3.8) is 0 Å². The van der Waals surface area contributed by atoms with Gasteiger partial charge in [-0.05, 0) is 43.5 Å². The highest BCUT2D eigenvalue weighted by atomic mass is 16.2. The predicted octanol–water partition coefficient (Wildman–Crippen LogP) is 5.83. The third-order valence-corrected chi connectivity index (χ3v) is 6.13. The van der Waals surface area contributed by atoms with E-state index >= 15 is 0 Å². The van der Waals surface area contributed by atoms with Crippen LogP contribution in [0.1, 0.15) is 77.2 Å². The molecule has 0 aliphatic carbocycles. The molecule has 0 bridgehead atoms. The predicted molar refractivity (Wildman–Crippen MR) is 131 cm³/mol. The molecule has 0 spiro atoms. The van der Waals surface area contributed by atoms with Gasteiger partial charge in [0.15, 0.2) is 0 Å². The molecule has 0 saturated heterocycles. The van der Waals surface area contributed by atoms with E-state index in [9.17, 15) is 9.59 Å². The topological polar surface area (TPSA) is 55.2 Å². The largest absolute Gasteiger partial charge is 0.333 e. The van der Waals surface area contributed by atoms with Gasteiger partial charge in [-0.2, -0.15) is 0 Å². The van der Waals surface area contributed by atoms with Crippen molar-refractivity contribution in [3.05, 3.63) is 70.3 Å². The minimum atomic E-state index is -0.314. The number of carbonyl (C=O) groups excluding carboxylic acids is 1. The van der Waals surface area contributed by atoms with Crippen LogP contribution in [0.25, 0.3) is 16.6 Å². The number of unbranched alkanes of at least 4 members (excludes halogenated alkanes) is 3. The molecule has 0 saturated carbocycles. The number of hydrogen-bond donors (Lipinski definition) is 0. The Morgan fingerprint density at radius 3 is 2.44 bits per heavy atom. The molecule has 0 aliphatic rings. The molecule has 1 heterocycles. The first-order valence-corrected chi connectivity index (χ1v) is 11.9. The van der Waals surface area contributed by atoms with Gasteiger partial charge in [0.05, 0.1) is 22.6 Å². The van der Waals surface area contributed by atoms with Gasteiger partial charge >= 0.3 is 0 Å². The second-order valence-corrected chi connectivity index (χ2v) is 8.29. The Hall–Kier alpha value is -2.95. The van der Waals surface area contributed by atoms with Gasteiger partial charge in [-0.25, -0.2) is 4.98 Å². The van der Waals surface area contributed by atoms with E-state index in [0.717, 1.165) is 43.4 Å². The molecule has 1 aromatic heterocycles. The summed E-state index contributed by atoms with van der Waals surface area (Å²) < 4.78 is 1.73. The van der Waals surface area contributed by atoms with Crippen LogP contribution in [0.2, 0.25) is 0 Å². The van der Waals surface area contributed by atoms with Crippen LogP contribution in [-0.4, -0.2) is 26.9 Å². The van der Waals surface area contributed by atoms with Crippen LogP contribution in [0.3, 0.4) is 0 Å². The fourth-order valence-corrected chi connectivity index (χ4v) is 4.28. The maximum absolute atomic E-state index is 13.7. The summed E-state index contributed by atoms with van der Waals surface area (Å²) in [6.45, 7) is 8.82.